The molecule has 0 bridgehead atoms. The van der Waals surface area contributed by atoms with Gasteiger partial charge in [-0.05, 0) is 30.2 Å². The van der Waals surface area contributed by atoms with Crippen LogP contribution < -0.4 is 5.43 Å². The highest BCUT2D eigenvalue weighted by Crippen LogP contribution is 2.27. The maximum atomic E-state index is 4.64. The van der Waals surface area contributed by atoms with Gasteiger partial charge in [0.05, 0.1) is 11.4 Å². The molecule has 1 N–H and O–H groups in total. The molecule has 4 rings (SSSR count). The van der Waals surface area contributed by atoms with Crippen molar-refractivity contribution in [3.63, 3.8) is 0 Å². The lowest BCUT2D eigenvalue weighted by molar-refractivity contribution is 1.26. The SMILES string of the molecule is C/C(=N\Nc1nc(-c2ccc(-c3ccccc3)cc2)cs1)c1ccncc1. The Morgan fingerprint density at radius 3 is 2.26 bits per heavy atom. The van der Waals surface area contributed by atoms with E-state index in [1.54, 1.807) is 23.7 Å². The molecule has 0 aliphatic heterocycles. The fraction of sp³-hybridized carbons (Fsp3) is 0.0455. The zero-order valence-corrected chi connectivity index (χ0v) is 15.6. The second kappa shape index (κ2) is 7.93. The molecule has 5 heteroatoms. The van der Waals surface area contributed by atoms with Crippen LogP contribution in [0.4, 0.5) is 5.13 Å². The average molecular weight is 370 g/mol. The number of nitrogens with one attached hydrogen (secondary N) is 1. The number of hydrogen-bond donors (Lipinski definition) is 1. The summed E-state index contributed by atoms with van der Waals surface area (Å²) in [6, 6.07) is 22.7. The third-order valence-corrected chi connectivity index (χ3v) is 4.96. The first-order valence-electron chi connectivity index (χ1n) is 8.62. The van der Waals surface area contributed by atoms with Gasteiger partial charge in [0.15, 0.2) is 0 Å². The minimum Gasteiger partial charge on any atom is -0.265 e. The maximum Gasteiger partial charge on any atom is 0.203 e. The highest BCUT2D eigenvalue weighted by molar-refractivity contribution is 7.14. The number of hydrazone groups is 1. The number of pyridine rings is 1. The standard InChI is InChI=1S/C22H18N4S/c1-16(17-11-13-23-14-12-17)25-26-22-24-21(15-27-22)20-9-7-19(8-10-20)18-5-3-2-4-6-18/h2-15H,1H3,(H,24,26)/b25-16+. The molecule has 0 aliphatic carbocycles. The molecule has 0 saturated carbocycles. The molecular weight excluding hydrogens is 352 g/mol. The van der Waals surface area contributed by atoms with E-state index in [4.69, 9.17) is 0 Å². The number of thiazole rings is 1. The molecule has 4 nitrogen and oxygen atoms in total. The zero-order chi connectivity index (χ0) is 18.5. The summed E-state index contributed by atoms with van der Waals surface area (Å²) in [6.45, 7) is 1.96. The largest absolute Gasteiger partial charge is 0.265 e. The summed E-state index contributed by atoms with van der Waals surface area (Å²) in [6.07, 6.45) is 3.52. The van der Waals surface area contributed by atoms with E-state index in [0.717, 1.165) is 27.7 Å². The summed E-state index contributed by atoms with van der Waals surface area (Å²) in [7, 11) is 0. The molecule has 2 aromatic carbocycles. The highest BCUT2D eigenvalue weighted by Gasteiger charge is 2.05. The van der Waals surface area contributed by atoms with E-state index in [-0.39, 0.29) is 0 Å². The van der Waals surface area contributed by atoms with Crippen molar-refractivity contribution >= 4 is 22.2 Å². The van der Waals surface area contributed by atoms with Gasteiger partial charge in [0.2, 0.25) is 5.13 Å². The molecule has 0 fully saturated rings. The number of benzene rings is 2. The van der Waals surface area contributed by atoms with Crippen LogP contribution in [0.15, 0.2) is 89.6 Å². The highest BCUT2D eigenvalue weighted by atomic mass is 32.1. The van der Waals surface area contributed by atoms with E-state index in [2.05, 4.69) is 69.0 Å². The zero-order valence-electron chi connectivity index (χ0n) is 14.8. The molecule has 0 saturated heterocycles. The van der Waals surface area contributed by atoms with Crippen LogP contribution in [0.1, 0.15) is 12.5 Å². The van der Waals surface area contributed by atoms with E-state index in [1.807, 2.05) is 30.5 Å². The van der Waals surface area contributed by atoms with Gasteiger partial charge in [0.1, 0.15) is 0 Å². The second-order valence-electron chi connectivity index (χ2n) is 6.03. The first-order valence-corrected chi connectivity index (χ1v) is 9.50. The van der Waals surface area contributed by atoms with Crippen molar-refractivity contribution in [2.75, 3.05) is 5.43 Å². The molecule has 0 unspecified atom stereocenters. The van der Waals surface area contributed by atoms with Gasteiger partial charge < -0.3 is 0 Å². The lowest BCUT2D eigenvalue weighted by Gasteiger charge is -2.03. The van der Waals surface area contributed by atoms with Gasteiger partial charge in [-0.2, -0.15) is 5.10 Å². The molecule has 4 aromatic rings. The van der Waals surface area contributed by atoms with Crippen LogP contribution in [0.25, 0.3) is 22.4 Å². The molecule has 0 spiro atoms. The number of nitrogens with zero attached hydrogens (tertiary/aromatic N) is 3. The average Bonchev–Trinajstić information content (AvgIpc) is 3.22. The van der Waals surface area contributed by atoms with Crippen LogP contribution in [0, 0.1) is 0 Å². The third-order valence-electron chi connectivity index (χ3n) is 4.21. The second-order valence-corrected chi connectivity index (χ2v) is 6.88. The van der Waals surface area contributed by atoms with Gasteiger partial charge in [-0.3, -0.25) is 10.4 Å². The lowest BCUT2D eigenvalue weighted by Crippen LogP contribution is -1.99. The molecule has 0 aliphatic rings. The Morgan fingerprint density at radius 1 is 0.852 bits per heavy atom. The molecular formula is C22H18N4S. The fourth-order valence-corrected chi connectivity index (χ4v) is 3.37. The van der Waals surface area contributed by atoms with Gasteiger partial charge in [0, 0.05) is 28.9 Å². The summed E-state index contributed by atoms with van der Waals surface area (Å²) < 4.78 is 0. The number of aromatic nitrogens is 2. The van der Waals surface area contributed by atoms with E-state index >= 15 is 0 Å². The topological polar surface area (TPSA) is 50.2 Å². The van der Waals surface area contributed by atoms with Crippen molar-refractivity contribution in [3.8, 4) is 22.4 Å². The smallest absolute Gasteiger partial charge is 0.203 e. The molecule has 27 heavy (non-hydrogen) atoms. The van der Waals surface area contributed by atoms with Gasteiger partial charge in [-0.1, -0.05) is 54.6 Å². The Morgan fingerprint density at radius 2 is 1.52 bits per heavy atom. The molecule has 132 valence electrons. The van der Waals surface area contributed by atoms with Crippen molar-refractivity contribution in [2.24, 2.45) is 5.10 Å². The number of rotatable bonds is 5. The normalized spacial score (nSPS) is 11.4. The summed E-state index contributed by atoms with van der Waals surface area (Å²) in [5, 5.41) is 7.22. The predicted molar refractivity (Wildman–Crippen MR) is 113 cm³/mol. The quantitative estimate of drug-likeness (QED) is 0.362. The summed E-state index contributed by atoms with van der Waals surface area (Å²) >= 11 is 1.54. The fourth-order valence-electron chi connectivity index (χ4n) is 2.71. The number of anilines is 1. The van der Waals surface area contributed by atoms with Crippen LogP contribution in [-0.4, -0.2) is 15.7 Å². The van der Waals surface area contributed by atoms with Gasteiger partial charge in [0.25, 0.3) is 0 Å². The molecule has 2 heterocycles. The van der Waals surface area contributed by atoms with Crippen molar-refractivity contribution in [1.29, 1.82) is 0 Å². The Bertz CT molecular complexity index is 1040. The Hall–Kier alpha value is -3.31. The summed E-state index contributed by atoms with van der Waals surface area (Å²) in [4.78, 5) is 8.66. The Labute approximate surface area is 162 Å². The molecule has 0 radical (unpaired) electrons. The monoisotopic (exact) mass is 370 g/mol. The van der Waals surface area contributed by atoms with Crippen LogP contribution in [0.5, 0.6) is 0 Å². The minimum absolute atomic E-state index is 0.769. The van der Waals surface area contributed by atoms with E-state index in [1.165, 1.54) is 11.1 Å². The van der Waals surface area contributed by atoms with Crippen LogP contribution >= 0.6 is 11.3 Å². The predicted octanol–water partition coefficient (Wildman–Crippen LogP) is 5.71. The van der Waals surface area contributed by atoms with Gasteiger partial charge in [-0.15, -0.1) is 11.3 Å². The molecule has 0 amide bonds. The molecule has 0 atom stereocenters. The summed E-state index contributed by atoms with van der Waals surface area (Å²) in [5.74, 6) is 0. The summed E-state index contributed by atoms with van der Waals surface area (Å²) in [5.41, 5.74) is 9.42. The Kier molecular flexibility index (Phi) is 5.03. The first-order chi connectivity index (χ1) is 13.3. The van der Waals surface area contributed by atoms with Crippen LogP contribution in [0.2, 0.25) is 0 Å². The van der Waals surface area contributed by atoms with E-state index < -0.39 is 0 Å². The number of hydrogen-bond acceptors (Lipinski definition) is 5. The van der Waals surface area contributed by atoms with Crippen molar-refractivity contribution in [2.45, 2.75) is 6.92 Å². The minimum atomic E-state index is 0.769. The third kappa shape index (κ3) is 4.10. The lowest BCUT2D eigenvalue weighted by atomic mass is 10.0. The van der Waals surface area contributed by atoms with Crippen molar-refractivity contribution < 1.29 is 0 Å². The maximum absolute atomic E-state index is 4.64. The van der Waals surface area contributed by atoms with E-state index in [9.17, 15) is 0 Å². The van der Waals surface area contributed by atoms with E-state index in [0.29, 0.717) is 0 Å². The molecule has 2 aromatic heterocycles. The van der Waals surface area contributed by atoms with Crippen molar-refractivity contribution in [1.82, 2.24) is 9.97 Å². The van der Waals surface area contributed by atoms with Crippen LogP contribution in [-0.2, 0) is 0 Å². The first kappa shape index (κ1) is 17.1. The van der Waals surface area contributed by atoms with Crippen molar-refractivity contribution in [3.05, 3.63) is 90.1 Å². The Balaban J connectivity index is 1.48. The van der Waals surface area contributed by atoms with Crippen LogP contribution in [0.3, 0.4) is 0 Å². The van der Waals surface area contributed by atoms with Gasteiger partial charge in [-0.25, -0.2) is 4.98 Å². The van der Waals surface area contributed by atoms with Gasteiger partial charge >= 0.3 is 0 Å².